The van der Waals surface area contributed by atoms with Gasteiger partial charge in [-0.15, -0.1) is 0 Å². The Hall–Kier alpha value is -0.120. The van der Waals surface area contributed by atoms with Crippen LogP contribution in [-0.2, 0) is 0 Å². The van der Waals surface area contributed by atoms with Crippen LogP contribution in [0.3, 0.4) is 0 Å². The Bertz CT molecular complexity index is 229. The van der Waals surface area contributed by atoms with Gasteiger partial charge in [0.1, 0.15) is 0 Å². The van der Waals surface area contributed by atoms with Crippen molar-refractivity contribution < 1.29 is 5.11 Å². The highest BCUT2D eigenvalue weighted by Gasteiger charge is 2.27. The van der Waals surface area contributed by atoms with Crippen LogP contribution >= 0.6 is 0 Å². The van der Waals surface area contributed by atoms with Gasteiger partial charge in [-0.1, -0.05) is 40.5 Å². The zero-order valence-electron chi connectivity index (χ0n) is 12.7. The molecule has 1 aliphatic heterocycles. The van der Waals surface area contributed by atoms with Gasteiger partial charge in [0.05, 0.1) is 6.61 Å². The fraction of sp³-hybridized carbons (Fsp3) is 1.00. The Labute approximate surface area is 113 Å². The molecule has 0 aliphatic carbocycles. The normalized spacial score (nSPS) is 23.3. The number of likely N-dealkylation sites (tertiary alicyclic amines) is 1. The summed E-state index contributed by atoms with van der Waals surface area (Å²) in [5.74, 6) is 0. The molecular weight excluding hydrogens is 224 g/mol. The average Bonchev–Trinajstić information content (AvgIpc) is 2.51. The van der Waals surface area contributed by atoms with Crippen molar-refractivity contribution in [2.75, 3.05) is 26.2 Å². The molecule has 1 rings (SSSR count). The molecule has 0 aromatic carbocycles. The summed E-state index contributed by atoms with van der Waals surface area (Å²) >= 11 is 0. The smallest absolute Gasteiger partial charge is 0.0586 e. The quantitative estimate of drug-likeness (QED) is 0.765. The zero-order chi connectivity index (χ0) is 13.6. The van der Waals surface area contributed by atoms with E-state index in [0.29, 0.717) is 18.7 Å². The molecule has 18 heavy (non-hydrogen) atoms. The van der Waals surface area contributed by atoms with Crippen molar-refractivity contribution in [1.29, 1.82) is 0 Å². The third-order valence-corrected chi connectivity index (χ3v) is 3.83. The fourth-order valence-corrected chi connectivity index (χ4v) is 2.74. The predicted octanol–water partition coefficient (Wildman–Crippen LogP) is 2.25. The van der Waals surface area contributed by atoms with Crippen molar-refractivity contribution in [3.05, 3.63) is 0 Å². The van der Waals surface area contributed by atoms with Crippen molar-refractivity contribution in [1.82, 2.24) is 10.2 Å². The Kier molecular flexibility index (Phi) is 6.61. The summed E-state index contributed by atoms with van der Waals surface area (Å²) in [6, 6.07) is 0.924. The SMILES string of the molecule is CC(C)NCC(C)(C)CN1CCCCCC1CO. The minimum Gasteiger partial charge on any atom is -0.395 e. The minimum absolute atomic E-state index is 0.266. The molecule has 0 saturated carbocycles. The maximum atomic E-state index is 9.54. The van der Waals surface area contributed by atoms with Gasteiger partial charge in [0, 0.05) is 25.2 Å². The summed E-state index contributed by atoms with van der Waals surface area (Å²) in [5, 5.41) is 13.1. The van der Waals surface area contributed by atoms with Gasteiger partial charge >= 0.3 is 0 Å². The van der Waals surface area contributed by atoms with E-state index < -0.39 is 0 Å². The largest absolute Gasteiger partial charge is 0.395 e. The lowest BCUT2D eigenvalue weighted by Gasteiger charge is -2.36. The molecule has 0 aromatic rings. The molecule has 0 aromatic heterocycles. The second kappa shape index (κ2) is 7.46. The first-order chi connectivity index (χ1) is 8.44. The van der Waals surface area contributed by atoms with Crippen LogP contribution in [-0.4, -0.2) is 48.3 Å². The molecule has 0 radical (unpaired) electrons. The predicted molar refractivity (Wildman–Crippen MR) is 77.8 cm³/mol. The number of nitrogens with one attached hydrogen (secondary N) is 1. The molecular formula is C15H32N2O. The number of aliphatic hydroxyl groups excluding tert-OH is 1. The van der Waals surface area contributed by atoms with Gasteiger partial charge in [-0.3, -0.25) is 4.90 Å². The van der Waals surface area contributed by atoms with E-state index in [-0.39, 0.29) is 5.41 Å². The third kappa shape index (κ3) is 5.68. The Morgan fingerprint density at radius 1 is 1.28 bits per heavy atom. The van der Waals surface area contributed by atoms with Crippen molar-refractivity contribution in [3.8, 4) is 0 Å². The summed E-state index contributed by atoms with van der Waals surface area (Å²) in [5.41, 5.74) is 0.266. The summed E-state index contributed by atoms with van der Waals surface area (Å²) in [6.45, 7) is 12.6. The standard InChI is InChI=1S/C15H32N2O/c1-13(2)16-11-15(3,4)12-17-9-7-5-6-8-14(17)10-18/h13-14,16,18H,5-12H2,1-4H3. The van der Waals surface area contributed by atoms with Gasteiger partial charge in [-0.05, 0) is 24.8 Å². The first-order valence-corrected chi connectivity index (χ1v) is 7.53. The van der Waals surface area contributed by atoms with Crippen LogP contribution < -0.4 is 5.32 Å². The molecule has 2 N–H and O–H groups in total. The highest BCUT2D eigenvalue weighted by Crippen LogP contribution is 2.23. The number of rotatable bonds is 6. The molecule has 1 heterocycles. The maximum absolute atomic E-state index is 9.54. The highest BCUT2D eigenvalue weighted by molar-refractivity contribution is 4.82. The van der Waals surface area contributed by atoms with E-state index in [4.69, 9.17) is 0 Å². The average molecular weight is 256 g/mol. The van der Waals surface area contributed by atoms with Crippen LogP contribution in [0.5, 0.6) is 0 Å². The molecule has 0 bridgehead atoms. The van der Waals surface area contributed by atoms with Gasteiger partial charge in [0.2, 0.25) is 0 Å². The molecule has 1 aliphatic rings. The van der Waals surface area contributed by atoms with Gasteiger partial charge < -0.3 is 10.4 Å². The lowest BCUT2D eigenvalue weighted by Crippen LogP contribution is -2.47. The van der Waals surface area contributed by atoms with Crippen LogP contribution in [0.1, 0.15) is 53.4 Å². The lowest BCUT2D eigenvalue weighted by atomic mass is 9.91. The Morgan fingerprint density at radius 3 is 2.61 bits per heavy atom. The van der Waals surface area contributed by atoms with E-state index >= 15 is 0 Å². The van der Waals surface area contributed by atoms with E-state index in [2.05, 4.69) is 37.9 Å². The number of hydrogen-bond acceptors (Lipinski definition) is 3. The molecule has 1 atom stereocenters. The molecule has 3 heteroatoms. The maximum Gasteiger partial charge on any atom is 0.0586 e. The van der Waals surface area contributed by atoms with Gasteiger partial charge in [-0.2, -0.15) is 0 Å². The van der Waals surface area contributed by atoms with Gasteiger partial charge in [0.15, 0.2) is 0 Å². The van der Waals surface area contributed by atoms with Gasteiger partial charge in [-0.25, -0.2) is 0 Å². The summed E-state index contributed by atoms with van der Waals surface area (Å²) in [6.07, 6.45) is 5.03. The lowest BCUT2D eigenvalue weighted by molar-refractivity contribution is 0.0855. The van der Waals surface area contributed by atoms with Gasteiger partial charge in [0.25, 0.3) is 0 Å². The van der Waals surface area contributed by atoms with E-state index in [9.17, 15) is 5.11 Å². The second-order valence-corrected chi connectivity index (χ2v) is 6.86. The topological polar surface area (TPSA) is 35.5 Å². The first-order valence-electron chi connectivity index (χ1n) is 7.53. The van der Waals surface area contributed by atoms with Crippen molar-refractivity contribution in [2.24, 2.45) is 5.41 Å². The van der Waals surface area contributed by atoms with E-state index in [1.165, 1.54) is 19.3 Å². The monoisotopic (exact) mass is 256 g/mol. The molecule has 1 unspecified atom stereocenters. The van der Waals surface area contributed by atoms with Crippen LogP contribution in [0.2, 0.25) is 0 Å². The Balaban J connectivity index is 2.50. The molecule has 1 saturated heterocycles. The van der Waals surface area contributed by atoms with Crippen LogP contribution in [0.15, 0.2) is 0 Å². The number of hydrogen-bond donors (Lipinski definition) is 2. The minimum atomic E-state index is 0.266. The molecule has 0 amide bonds. The second-order valence-electron chi connectivity index (χ2n) is 6.86. The Morgan fingerprint density at radius 2 is 2.00 bits per heavy atom. The van der Waals surface area contributed by atoms with Crippen molar-refractivity contribution >= 4 is 0 Å². The molecule has 1 fully saturated rings. The van der Waals surface area contributed by atoms with Crippen LogP contribution in [0, 0.1) is 5.41 Å². The van der Waals surface area contributed by atoms with Crippen molar-refractivity contribution in [3.63, 3.8) is 0 Å². The summed E-state index contributed by atoms with van der Waals surface area (Å²) in [7, 11) is 0. The van der Waals surface area contributed by atoms with E-state index in [1.807, 2.05) is 0 Å². The van der Waals surface area contributed by atoms with Crippen LogP contribution in [0.4, 0.5) is 0 Å². The first kappa shape index (κ1) is 15.9. The van der Waals surface area contributed by atoms with Crippen LogP contribution in [0.25, 0.3) is 0 Å². The molecule has 108 valence electrons. The fourth-order valence-electron chi connectivity index (χ4n) is 2.74. The highest BCUT2D eigenvalue weighted by atomic mass is 16.3. The van der Waals surface area contributed by atoms with Crippen molar-refractivity contribution in [2.45, 2.75) is 65.5 Å². The third-order valence-electron chi connectivity index (χ3n) is 3.83. The van der Waals surface area contributed by atoms with E-state index in [1.54, 1.807) is 0 Å². The molecule has 3 nitrogen and oxygen atoms in total. The summed E-state index contributed by atoms with van der Waals surface area (Å²) in [4.78, 5) is 2.51. The number of nitrogens with zero attached hydrogens (tertiary/aromatic N) is 1. The number of aliphatic hydroxyl groups is 1. The molecule has 0 spiro atoms. The van der Waals surface area contributed by atoms with E-state index in [0.717, 1.165) is 26.1 Å². The zero-order valence-corrected chi connectivity index (χ0v) is 12.7. The summed E-state index contributed by atoms with van der Waals surface area (Å²) < 4.78 is 0.